The highest BCUT2D eigenvalue weighted by atomic mass is 35.5. The van der Waals surface area contributed by atoms with Crippen LogP contribution < -0.4 is 10.1 Å². The highest BCUT2D eigenvalue weighted by Gasteiger charge is 2.40. The van der Waals surface area contributed by atoms with E-state index in [1.54, 1.807) is 18.2 Å². The van der Waals surface area contributed by atoms with Crippen molar-refractivity contribution >= 4 is 39.1 Å². The Labute approximate surface area is 218 Å². The maximum Gasteiger partial charge on any atom is 0.224 e. The molecule has 190 valence electrons. The standard InChI is InChI=1S/C26H32Cl2N2O4S/c1-3-26(4-2)15-23(20-9-5-6-10-24(20)34-26)29-25(31)19-8-7-13-30(16-19)35(32,33)17-18-11-12-21(27)22(28)14-18/h5-6,9-12,14,19,23H,3-4,7-8,13,15-17H2,1-2H3,(H,29,31). The number of fused-ring (bicyclic) bond motifs is 1. The minimum Gasteiger partial charge on any atom is -0.487 e. The number of nitrogens with one attached hydrogen (secondary N) is 1. The minimum atomic E-state index is -3.61. The van der Waals surface area contributed by atoms with Crippen LogP contribution in [0.4, 0.5) is 0 Å². The number of carbonyl (C=O) groups is 1. The summed E-state index contributed by atoms with van der Waals surface area (Å²) in [6, 6.07) is 12.5. The van der Waals surface area contributed by atoms with Crippen LogP contribution in [-0.2, 0) is 20.6 Å². The Kier molecular flexibility index (Phi) is 8.01. The van der Waals surface area contributed by atoms with E-state index in [1.807, 2.05) is 24.3 Å². The molecule has 0 aromatic heterocycles. The number of sulfonamides is 1. The lowest BCUT2D eigenvalue weighted by Crippen LogP contribution is -2.49. The summed E-state index contributed by atoms with van der Waals surface area (Å²) in [6.07, 6.45) is 3.66. The van der Waals surface area contributed by atoms with Crippen LogP contribution in [0.1, 0.15) is 63.1 Å². The second-order valence-corrected chi connectivity index (χ2v) is 12.3. The Morgan fingerprint density at radius 3 is 2.60 bits per heavy atom. The molecule has 9 heteroatoms. The molecular weight excluding hydrogens is 507 g/mol. The zero-order valence-corrected chi connectivity index (χ0v) is 22.4. The van der Waals surface area contributed by atoms with Crippen molar-refractivity contribution in [1.82, 2.24) is 9.62 Å². The molecule has 2 aromatic rings. The van der Waals surface area contributed by atoms with Crippen LogP contribution >= 0.6 is 23.2 Å². The number of ether oxygens (including phenoxy) is 1. The van der Waals surface area contributed by atoms with E-state index in [1.165, 1.54) is 4.31 Å². The average molecular weight is 540 g/mol. The highest BCUT2D eigenvalue weighted by molar-refractivity contribution is 7.88. The predicted octanol–water partition coefficient (Wildman–Crippen LogP) is 5.73. The van der Waals surface area contributed by atoms with Crippen molar-refractivity contribution in [3.8, 4) is 5.75 Å². The monoisotopic (exact) mass is 538 g/mol. The van der Waals surface area contributed by atoms with Gasteiger partial charge < -0.3 is 10.1 Å². The molecule has 2 aliphatic rings. The molecule has 1 amide bonds. The van der Waals surface area contributed by atoms with Gasteiger partial charge in [0, 0.05) is 25.1 Å². The van der Waals surface area contributed by atoms with Gasteiger partial charge in [-0.05, 0) is 49.4 Å². The van der Waals surface area contributed by atoms with Gasteiger partial charge in [0.2, 0.25) is 15.9 Å². The maximum atomic E-state index is 13.4. The average Bonchev–Trinajstić information content (AvgIpc) is 2.86. The quantitative estimate of drug-likeness (QED) is 0.488. The Morgan fingerprint density at radius 1 is 1.14 bits per heavy atom. The van der Waals surface area contributed by atoms with E-state index in [0.29, 0.717) is 41.4 Å². The summed E-state index contributed by atoms with van der Waals surface area (Å²) in [6.45, 7) is 4.79. The molecule has 0 aliphatic carbocycles. The third kappa shape index (κ3) is 5.79. The van der Waals surface area contributed by atoms with Gasteiger partial charge in [-0.3, -0.25) is 4.79 Å². The lowest BCUT2D eigenvalue weighted by atomic mass is 9.83. The first kappa shape index (κ1) is 26.3. The molecule has 2 atom stereocenters. The molecule has 1 fully saturated rings. The Hall–Kier alpha value is -1.80. The van der Waals surface area contributed by atoms with Crippen LogP contribution in [0.3, 0.4) is 0 Å². The number of benzene rings is 2. The molecule has 0 bridgehead atoms. The smallest absolute Gasteiger partial charge is 0.224 e. The summed E-state index contributed by atoms with van der Waals surface area (Å²) in [4.78, 5) is 13.4. The Bertz CT molecular complexity index is 1180. The first-order chi connectivity index (χ1) is 16.7. The fourth-order valence-electron chi connectivity index (χ4n) is 5.06. The molecule has 0 radical (unpaired) electrons. The summed E-state index contributed by atoms with van der Waals surface area (Å²) >= 11 is 12.0. The van der Waals surface area contributed by atoms with Crippen molar-refractivity contribution in [2.24, 2.45) is 5.92 Å². The van der Waals surface area contributed by atoms with Crippen LogP contribution in [-0.4, -0.2) is 37.3 Å². The minimum absolute atomic E-state index is 0.109. The van der Waals surface area contributed by atoms with E-state index in [2.05, 4.69) is 19.2 Å². The third-order valence-corrected chi connectivity index (χ3v) is 9.84. The van der Waals surface area contributed by atoms with Crippen LogP contribution in [0, 0.1) is 5.92 Å². The van der Waals surface area contributed by atoms with E-state index in [-0.39, 0.29) is 29.8 Å². The molecule has 1 N–H and O–H groups in total. The van der Waals surface area contributed by atoms with Gasteiger partial charge in [0.1, 0.15) is 11.4 Å². The molecule has 0 spiro atoms. The highest BCUT2D eigenvalue weighted by Crippen LogP contribution is 2.42. The summed E-state index contributed by atoms with van der Waals surface area (Å²) in [7, 11) is -3.61. The van der Waals surface area contributed by atoms with Crippen LogP contribution in [0.5, 0.6) is 5.75 Å². The zero-order valence-electron chi connectivity index (χ0n) is 20.1. The van der Waals surface area contributed by atoms with Crippen molar-refractivity contribution < 1.29 is 17.9 Å². The summed E-state index contributed by atoms with van der Waals surface area (Å²) in [5, 5.41) is 3.93. The number of hydrogen-bond acceptors (Lipinski definition) is 4. The number of piperidine rings is 1. The molecule has 2 heterocycles. The summed E-state index contributed by atoms with van der Waals surface area (Å²) in [5.41, 5.74) is 1.22. The van der Waals surface area contributed by atoms with Gasteiger partial charge in [0.15, 0.2) is 0 Å². The van der Waals surface area contributed by atoms with Gasteiger partial charge in [-0.15, -0.1) is 0 Å². The van der Waals surface area contributed by atoms with Crippen molar-refractivity contribution in [3.05, 3.63) is 63.6 Å². The molecule has 6 nitrogen and oxygen atoms in total. The van der Waals surface area contributed by atoms with E-state index in [9.17, 15) is 13.2 Å². The van der Waals surface area contributed by atoms with Gasteiger partial charge >= 0.3 is 0 Å². The number of amides is 1. The van der Waals surface area contributed by atoms with E-state index in [0.717, 1.165) is 24.2 Å². The molecule has 4 rings (SSSR count). The van der Waals surface area contributed by atoms with Crippen molar-refractivity contribution in [2.45, 2.75) is 63.3 Å². The number of rotatable bonds is 7. The van der Waals surface area contributed by atoms with E-state index in [4.69, 9.17) is 27.9 Å². The SMILES string of the molecule is CCC1(CC)CC(NC(=O)C2CCCN(S(=O)(=O)Cc3ccc(Cl)c(Cl)c3)C2)c2ccccc2O1. The lowest BCUT2D eigenvalue weighted by molar-refractivity contribution is -0.127. The fraction of sp³-hybridized carbons (Fsp3) is 0.500. The summed E-state index contributed by atoms with van der Waals surface area (Å²) in [5.74, 6) is 0.116. The Balaban J connectivity index is 1.47. The van der Waals surface area contributed by atoms with Crippen LogP contribution in [0.15, 0.2) is 42.5 Å². The number of halogens is 2. The molecule has 2 aliphatic heterocycles. The normalized spacial score (nSPS) is 22.2. The van der Waals surface area contributed by atoms with Gasteiger partial charge in [0.25, 0.3) is 0 Å². The molecule has 2 aromatic carbocycles. The van der Waals surface area contributed by atoms with Crippen LogP contribution in [0.25, 0.3) is 0 Å². The number of para-hydroxylation sites is 1. The second kappa shape index (κ2) is 10.7. The van der Waals surface area contributed by atoms with Crippen molar-refractivity contribution in [1.29, 1.82) is 0 Å². The number of nitrogens with zero attached hydrogens (tertiary/aromatic N) is 1. The van der Waals surface area contributed by atoms with Crippen LogP contribution in [0.2, 0.25) is 10.0 Å². The topological polar surface area (TPSA) is 75.7 Å². The number of carbonyl (C=O) groups excluding carboxylic acids is 1. The predicted molar refractivity (Wildman–Crippen MR) is 139 cm³/mol. The first-order valence-electron chi connectivity index (χ1n) is 12.2. The Morgan fingerprint density at radius 2 is 1.89 bits per heavy atom. The molecular formula is C26H32Cl2N2O4S. The largest absolute Gasteiger partial charge is 0.487 e. The van der Waals surface area contributed by atoms with E-state index >= 15 is 0 Å². The maximum absolute atomic E-state index is 13.4. The summed E-state index contributed by atoms with van der Waals surface area (Å²) < 4.78 is 34.1. The molecule has 2 unspecified atom stereocenters. The second-order valence-electron chi connectivity index (χ2n) is 9.50. The molecule has 0 saturated carbocycles. The van der Waals surface area contributed by atoms with Crippen molar-refractivity contribution in [3.63, 3.8) is 0 Å². The molecule has 1 saturated heterocycles. The first-order valence-corrected chi connectivity index (χ1v) is 14.5. The third-order valence-electron chi connectivity index (χ3n) is 7.28. The fourth-order valence-corrected chi connectivity index (χ4v) is 6.98. The number of hydrogen-bond donors (Lipinski definition) is 1. The van der Waals surface area contributed by atoms with Crippen molar-refractivity contribution in [2.75, 3.05) is 13.1 Å². The van der Waals surface area contributed by atoms with Gasteiger partial charge in [0.05, 0.1) is 27.8 Å². The molecule has 35 heavy (non-hydrogen) atoms. The van der Waals surface area contributed by atoms with Gasteiger partial charge in [-0.1, -0.05) is 61.3 Å². The van der Waals surface area contributed by atoms with Gasteiger partial charge in [-0.2, -0.15) is 0 Å². The van der Waals surface area contributed by atoms with E-state index < -0.39 is 15.9 Å². The van der Waals surface area contributed by atoms with Gasteiger partial charge in [-0.25, -0.2) is 12.7 Å². The zero-order chi connectivity index (χ0) is 25.2. The lowest BCUT2D eigenvalue weighted by Gasteiger charge is -2.42.